The van der Waals surface area contributed by atoms with Gasteiger partial charge in [-0.25, -0.2) is 0 Å². The maximum absolute atomic E-state index is 9.34. The topological polar surface area (TPSA) is 29.5 Å². The molecular formula is C10H20O2Sn. The zero-order chi connectivity index (χ0) is 10.5. The molecule has 0 saturated heterocycles. The summed E-state index contributed by atoms with van der Waals surface area (Å²) in [6.07, 6.45) is 3.44. The predicted octanol–water partition coefficient (Wildman–Crippen LogP) is 3.32. The van der Waals surface area contributed by atoms with Gasteiger partial charge in [0, 0.05) is 0 Å². The third-order valence-corrected chi connectivity index (χ3v) is 10.4. The van der Waals surface area contributed by atoms with Gasteiger partial charge in [0.15, 0.2) is 0 Å². The van der Waals surface area contributed by atoms with Crippen LogP contribution in [0.5, 0.6) is 0 Å². The average molecular weight is 291 g/mol. The van der Waals surface area contributed by atoms with Crippen molar-refractivity contribution in [2.24, 2.45) is 0 Å². The van der Waals surface area contributed by atoms with Gasteiger partial charge in [-0.1, -0.05) is 0 Å². The van der Waals surface area contributed by atoms with Gasteiger partial charge in [-0.3, -0.25) is 0 Å². The quantitative estimate of drug-likeness (QED) is 0.478. The van der Waals surface area contributed by atoms with Gasteiger partial charge in [-0.05, 0) is 0 Å². The fourth-order valence-electron chi connectivity index (χ4n) is 0.656. The molecule has 0 aliphatic carbocycles. The second-order valence-corrected chi connectivity index (χ2v) is 20.4. The van der Waals surface area contributed by atoms with E-state index in [-0.39, 0.29) is 5.95 Å². The Morgan fingerprint density at radius 2 is 2.08 bits per heavy atom. The first-order valence-corrected chi connectivity index (χ1v) is 14.7. The molecule has 0 aliphatic rings. The molecule has 1 atom stereocenters. The molecule has 0 saturated carbocycles. The second kappa shape index (κ2) is 5.58. The van der Waals surface area contributed by atoms with Gasteiger partial charge >= 0.3 is 85.2 Å². The molecule has 0 amide bonds. The molecule has 0 fully saturated rings. The molecule has 0 aromatic heterocycles. The van der Waals surface area contributed by atoms with Gasteiger partial charge < -0.3 is 0 Å². The van der Waals surface area contributed by atoms with Crippen LogP contribution in [-0.4, -0.2) is 30.1 Å². The van der Waals surface area contributed by atoms with Crippen LogP contribution >= 0.6 is 0 Å². The minimum atomic E-state index is -1.90. The van der Waals surface area contributed by atoms with E-state index in [1.807, 2.05) is 6.08 Å². The fraction of sp³-hybridized carbons (Fsp3) is 0.600. The van der Waals surface area contributed by atoms with Crippen LogP contribution in [0.4, 0.5) is 0 Å². The van der Waals surface area contributed by atoms with Crippen molar-refractivity contribution in [3.8, 4) is 0 Å². The van der Waals surface area contributed by atoms with E-state index < -0.39 is 18.4 Å². The second-order valence-electron chi connectivity index (χ2n) is 4.26. The normalized spacial score (nSPS) is 15.2. The van der Waals surface area contributed by atoms with E-state index in [0.717, 1.165) is 0 Å². The molecule has 3 heteroatoms. The summed E-state index contributed by atoms with van der Waals surface area (Å²) in [5.74, 6) is 0.0408. The van der Waals surface area contributed by atoms with Crippen LogP contribution in [0.15, 0.2) is 24.7 Å². The molecule has 0 spiro atoms. The summed E-state index contributed by atoms with van der Waals surface area (Å²) in [5.41, 5.74) is 0. The van der Waals surface area contributed by atoms with Gasteiger partial charge in [0.05, 0.1) is 0 Å². The summed E-state index contributed by atoms with van der Waals surface area (Å²) in [7, 11) is 0. The summed E-state index contributed by atoms with van der Waals surface area (Å²) in [4.78, 5) is 6.99. The van der Waals surface area contributed by atoms with Crippen molar-refractivity contribution in [3.63, 3.8) is 0 Å². The van der Waals surface area contributed by atoms with Gasteiger partial charge in [0.1, 0.15) is 0 Å². The van der Waals surface area contributed by atoms with Crippen LogP contribution in [0.2, 0.25) is 18.8 Å². The zero-order valence-corrected chi connectivity index (χ0v) is 11.9. The summed E-state index contributed by atoms with van der Waals surface area (Å²) in [6.45, 7) is 6.02. The van der Waals surface area contributed by atoms with Gasteiger partial charge in [0.25, 0.3) is 0 Å². The van der Waals surface area contributed by atoms with Crippen LogP contribution in [-0.2, 0) is 4.74 Å². The molecule has 13 heavy (non-hydrogen) atoms. The van der Waals surface area contributed by atoms with Crippen molar-refractivity contribution in [2.45, 2.75) is 25.7 Å². The van der Waals surface area contributed by atoms with E-state index in [0.29, 0.717) is 10.5 Å². The molecule has 1 unspecified atom stereocenters. The van der Waals surface area contributed by atoms with Crippen LogP contribution in [0.3, 0.4) is 0 Å². The molecule has 0 aliphatic heterocycles. The third kappa shape index (κ3) is 6.02. The molecule has 0 bridgehead atoms. The molecule has 2 nitrogen and oxygen atoms in total. The SMILES string of the molecule is C=CCO/C(O)=C\[CH](C)[Sn]([CH3])([CH3])[CH3]. The average Bonchev–Trinajstić information content (AvgIpc) is 1.99. The van der Waals surface area contributed by atoms with Crippen molar-refractivity contribution in [3.05, 3.63) is 24.7 Å². The minimum absolute atomic E-state index is 0.0408. The van der Waals surface area contributed by atoms with Gasteiger partial charge in [0.2, 0.25) is 0 Å². The fourth-order valence-corrected chi connectivity index (χ4v) is 2.49. The first kappa shape index (κ1) is 12.9. The summed E-state index contributed by atoms with van der Waals surface area (Å²) >= 11 is -1.90. The van der Waals surface area contributed by atoms with E-state index in [2.05, 4.69) is 28.3 Å². The molecule has 0 heterocycles. The number of ether oxygens (including phenoxy) is 1. The van der Waals surface area contributed by atoms with E-state index in [4.69, 9.17) is 4.74 Å². The predicted molar refractivity (Wildman–Crippen MR) is 59.6 cm³/mol. The number of aliphatic hydroxyl groups excluding tert-OH is 1. The van der Waals surface area contributed by atoms with Crippen molar-refractivity contribution in [1.29, 1.82) is 0 Å². The van der Waals surface area contributed by atoms with E-state index in [9.17, 15) is 5.11 Å². The first-order chi connectivity index (χ1) is 5.88. The van der Waals surface area contributed by atoms with Crippen molar-refractivity contribution in [2.75, 3.05) is 6.61 Å². The van der Waals surface area contributed by atoms with Gasteiger partial charge in [-0.2, -0.15) is 0 Å². The molecule has 76 valence electrons. The zero-order valence-electron chi connectivity index (χ0n) is 9.00. The van der Waals surface area contributed by atoms with Crippen LogP contribution in [0, 0.1) is 0 Å². The number of rotatable bonds is 5. The molecule has 0 radical (unpaired) electrons. The molecule has 0 aromatic carbocycles. The molecular weight excluding hydrogens is 271 g/mol. The Morgan fingerprint density at radius 3 is 2.46 bits per heavy atom. The Hall–Kier alpha value is -0.121. The maximum atomic E-state index is 9.34. The number of hydrogen-bond donors (Lipinski definition) is 1. The summed E-state index contributed by atoms with van der Waals surface area (Å²) in [6, 6.07) is 0. The Kier molecular flexibility index (Phi) is 5.52. The van der Waals surface area contributed by atoms with Crippen molar-refractivity contribution >= 4 is 18.4 Å². The Balaban J connectivity index is 4.13. The van der Waals surface area contributed by atoms with Crippen molar-refractivity contribution < 1.29 is 9.84 Å². The standard InChI is InChI=1S/C7H11O2.3CH3.Sn/c1-3-5-7(8)9-6-4-2;;;;/h3-5,8H,2,6H2,1H3;3*1H3;/b7-5-;;;;. The molecule has 0 rings (SSSR count). The number of allylic oxidation sites excluding steroid dienone is 1. The Bertz CT molecular complexity index is 192. The van der Waals surface area contributed by atoms with Crippen molar-refractivity contribution in [1.82, 2.24) is 0 Å². The van der Waals surface area contributed by atoms with E-state index in [1.54, 1.807) is 6.08 Å². The summed E-state index contributed by atoms with van der Waals surface area (Å²) in [5, 5.41) is 9.34. The Labute approximate surface area is 85.2 Å². The Morgan fingerprint density at radius 1 is 1.54 bits per heavy atom. The van der Waals surface area contributed by atoms with Crippen LogP contribution in [0.1, 0.15) is 6.92 Å². The number of aliphatic hydroxyl groups is 1. The van der Waals surface area contributed by atoms with Gasteiger partial charge in [-0.15, -0.1) is 0 Å². The van der Waals surface area contributed by atoms with Crippen LogP contribution < -0.4 is 0 Å². The monoisotopic (exact) mass is 292 g/mol. The van der Waals surface area contributed by atoms with E-state index >= 15 is 0 Å². The third-order valence-electron chi connectivity index (χ3n) is 2.11. The van der Waals surface area contributed by atoms with Crippen LogP contribution in [0.25, 0.3) is 0 Å². The summed E-state index contributed by atoms with van der Waals surface area (Å²) < 4.78 is 5.47. The number of hydrogen-bond acceptors (Lipinski definition) is 2. The molecule has 1 N–H and O–H groups in total. The molecule has 0 aromatic rings. The van der Waals surface area contributed by atoms with E-state index in [1.165, 1.54) is 0 Å². The first-order valence-electron chi connectivity index (χ1n) is 4.52.